The van der Waals surface area contributed by atoms with Crippen molar-refractivity contribution >= 4 is 39.0 Å². The third-order valence-corrected chi connectivity index (χ3v) is 4.48. The number of aromatic nitrogens is 2. The molecule has 0 atom stereocenters. The Morgan fingerprint density at radius 3 is 2.80 bits per heavy atom. The molecule has 0 aliphatic rings. The number of halogens is 2. The van der Waals surface area contributed by atoms with Gasteiger partial charge in [0.05, 0.1) is 10.4 Å². The molecule has 0 bridgehead atoms. The maximum Gasteiger partial charge on any atom is 0.164 e. The Labute approximate surface area is 124 Å². The number of aryl methyl sites for hydroxylation is 1. The quantitative estimate of drug-likeness (QED) is 0.768. The molecule has 0 amide bonds. The molecule has 0 saturated heterocycles. The summed E-state index contributed by atoms with van der Waals surface area (Å²) in [6.45, 7) is 2.08. The van der Waals surface area contributed by atoms with Crippen molar-refractivity contribution < 1.29 is 4.39 Å². The first-order valence-electron chi connectivity index (χ1n) is 6.10. The number of nitrogens with zero attached hydrogens (tertiary/aromatic N) is 2. The molecule has 0 aliphatic heterocycles. The third-order valence-electron chi connectivity index (χ3n) is 2.99. The van der Waals surface area contributed by atoms with Gasteiger partial charge in [0.15, 0.2) is 5.82 Å². The van der Waals surface area contributed by atoms with Crippen LogP contribution in [0, 0.1) is 5.82 Å². The van der Waals surface area contributed by atoms with Crippen LogP contribution in [-0.4, -0.2) is 9.97 Å². The minimum atomic E-state index is -0.391. The largest absolute Gasteiger partial charge is 0.383 e. The van der Waals surface area contributed by atoms with Crippen LogP contribution in [0.4, 0.5) is 10.2 Å². The molecule has 0 aliphatic carbocycles. The third kappa shape index (κ3) is 2.23. The van der Waals surface area contributed by atoms with Gasteiger partial charge in [0.2, 0.25) is 0 Å². The number of hydrogen-bond donors (Lipinski definition) is 1. The highest BCUT2D eigenvalue weighted by atomic mass is 35.5. The van der Waals surface area contributed by atoms with Crippen molar-refractivity contribution in [2.24, 2.45) is 0 Å². The molecule has 2 N–H and O–H groups in total. The number of benzene rings is 1. The summed E-state index contributed by atoms with van der Waals surface area (Å²) < 4.78 is 13.1. The van der Waals surface area contributed by atoms with Gasteiger partial charge in [-0.2, -0.15) is 0 Å². The van der Waals surface area contributed by atoms with Gasteiger partial charge in [-0.05, 0) is 30.7 Å². The van der Waals surface area contributed by atoms with Crippen LogP contribution < -0.4 is 5.73 Å². The Balaban J connectivity index is 2.21. The number of anilines is 1. The average molecular weight is 308 g/mol. The summed E-state index contributed by atoms with van der Waals surface area (Å²) in [6.07, 6.45) is 0.924. The first-order valence-corrected chi connectivity index (χ1v) is 7.29. The summed E-state index contributed by atoms with van der Waals surface area (Å²) in [4.78, 5) is 10.8. The Kier molecular flexibility index (Phi) is 3.31. The molecule has 3 rings (SSSR count). The molecule has 0 unspecified atom stereocenters. The second kappa shape index (κ2) is 5.00. The van der Waals surface area contributed by atoms with E-state index in [4.69, 9.17) is 17.3 Å². The summed E-state index contributed by atoms with van der Waals surface area (Å²) in [5.74, 6) is 0.447. The molecule has 20 heavy (non-hydrogen) atoms. The van der Waals surface area contributed by atoms with Crippen LogP contribution in [0.2, 0.25) is 5.02 Å². The van der Waals surface area contributed by atoms with Crippen LogP contribution in [0.3, 0.4) is 0 Å². The number of nitrogens with two attached hydrogens (primary N) is 1. The van der Waals surface area contributed by atoms with E-state index in [0.717, 1.165) is 16.6 Å². The first-order chi connectivity index (χ1) is 9.58. The van der Waals surface area contributed by atoms with Crippen LogP contribution in [0.1, 0.15) is 11.8 Å². The van der Waals surface area contributed by atoms with Gasteiger partial charge in [-0.1, -0.05) is 18.5 Å². The van der Waals surface area contributed by atoms with E-state index in [-0.39, 0.29) is 5.02 Å². The van der Waals surface area contributed by atoms with E-state index >= 15 is 0 Å². The lowest BCUT2D eigenvalue weighted by atomic mass is 10.2. The van der Waals surface area contributed by atoms with Crippen molar-refractivity contribution in [1.29, 1.82) is 0 Å². The summed E-state index contributed by atoms with van der Waals surface area (Å²) in [6, 6.07) is 6.14. The zero-order valence-corrected chi connectivity index (χ0v) is 12.2. The molecule has 3 nitrogen and oxygen atoms in total. The minimum absolute atomic E-state index is 0.274. The highest BCUT2D eigenvalue weighted by Gasteiger charge is 2.13. The van der Waals surface area contributed by atoms with Gasteiger partial charge >= 0.3 is 0 Å². The van der Waals surface area contributed by atoms with Crippen molar-refractivity contribution in [3.63, 3.8) is 0 Å². The zero-order valence-electron chi connectivity index (χ0n) is 10.7. The van der Waals surface area contributed by atoms with Crippen molar-refractivity contribution in [3.05, 3.63) is 40.0 Å². The normalized spacial score (nSPS) is 11.2. The van der Waals surface area contributed by atoms with E-state index in [1.54, 1.807) is 17.4 Å². The van der Waals surface area contributed by atoms with Gasteiger partial charge in [-0.15, -0.1) is 11.3 Å². The van der Waals surface area contributed by atoms with E-state index in [1.165, 1.54) is 17.0 Å². The van der Waals surface area contributed by atoms with E-state index in [0.29, 0.717) is 17.2 Å². The number of nitrogen functional groups attached to an aromatic ring is 1. The second-order valence-electron chi connectivity index (χ2n) is 4.34. The fourth-order valence-electron chi connectivity index (χ4n) is 1.96. The van der Waals surface area contributed by atoms with Crippen LogP contribution in [0.15, 0.2) is 24.3 Å². The summed E-state index contributed by atoms with van der Waals surface area (Å²) >= 11 is 7.62. The predicted molar refractivity (Wildman–Crippen MR) is 81.6 cm³/mol. The summed E-state index contributed by atoms with van der Waals surface area (Å²) in [7, 11) is 0. The molecular formula is C14H11ClFN3S. The van der Waals surface area contributed by atoms with E-state index in [2.05, 4.69) is 16.9 Å². The Bertz CT molecular complexity index is 800. The number of hydrogen-bond acceptors (Lipinski definition) is 4. The van der Waals surface area contributed by atoms with Gasteiger partial charge in [0.25, 0.3) is 0 Å². The Hall–Kier alpha value is -1.72. The Morgan fingerprint density at radius 2 is 2.10 bits per heavy atom. The van der Waals surface area contributed by atoms with E-state index < -0.39 is 5.82 Å². The smallest absolute Gasteiger partial charge is 0.164 e. The van der Waals surface area contributed by atoms with Gasteiger partial charge in [0, 0.05) is 10.4 Å². The lowest BCUT2D eigenvalue weighted by Gasteiger charge is -2.04. The highest BCUT2D eigenvalue weighted by Crippen LogP contribution is 2.32. The van der Waals surface area contributed by atoms with Gasteiger partial charge in [0.1, 0.15) is 16.5 Å². The fourth-order valence-corrected chi connectivity index (χ4v) is 3.19. The molecule has 0 spiro atoms. The fraction of sp³-hybridized carbons (Fsp3) is 0.143. The zero-order chi connectivity index (χ0) is 14.3. The molecule has 6 heteroatoms. The molecule has 3 aromatic rings. The standard InChI is InChI=1S/C14H11ClFN3S/c1-2-8-6-10-12(17)18-13(19-14(10)20-8)9-4-3-7(16)5-11(9)15/h3-6H,2H2,1H3,(H2,17,18,19). The van der Waals surface area contributed by atoms with E-state index in [1.807, 2.05) is 6.07 Å². The monoisotopic (exact) mass is 307 g/mol. The van der Waals surface area contributed by atoms with Crippen molar-refractivity contribution in [2.75, 3.05) is 5.73 Å². The van der Waals surface area contributed by atoms with Gasteiger partial charge in [-0.3, -0.25) is 0 Å². The van der Waals surface area contributed by atoms with Crippen LogP contribution in [-0.2, 0) is 6.42 Å². The molecule has 2 aromatic heterocycles. The van der Waals surface area contributed by atoms with Gasteiger partial charge in [-0.25, -0.2) is 14.4 Å². The predicted octanol–water partition coefficient (Wildman–Crippen LogP) is 4.30. The number of fused-ring (bicyclic) bond motifs is 1. The highest BCUT2D eigenvalue weighted by molar-refractivity contribution is 7.18. The van der Waals surface area contributed by atoms with Gasteiger partial charge < -0.3 is 5.73 Å². The van der Waals surface area contributed by atoms with Crippen LogP contribution >= 0.6 is 22.9 Å². The van der Waals surface area contributed by atoms with Crippen LogP contribution in [0.5, 0.6) is 0 Å². The van der Waals surface area contributed by atoms with Crippen molar-refractivity contribution in [3.8, 4) is 11.4 Å². The SMILES string of the molecule is CCc1cc2c(N)nc(-c3ccc(F)cc3Cl)nc2s1. The number of thiophene rings is 1. The molecule has 102 valence electrons. The molecular weight excluding hydrogens is 297 g/mol. The molecule has 0 radical (unpaired) electrons. The lowest BCUT2D eigenvalue weighted by molar-refractivity contribution is 0.628. The minimum Gasteiger partial charge on any atom is -0.383 e. The topological polar surface area (TPSA) is 51.8 Å². The maximum absolute atomic E-state index is 13.1. The first kappa shape index (κ1) is 13.3. The Morgan fingerprint density at radius 1 is 1.30 bits per heavy atom. The van der Waals surface area contributed by atoms with Crippen LogP contribution in [0.25, 0.3) is 21.6 Å². The molecule has 1 aromatic carbocycles. The van der Waals surface area contributed by atoms with E-state index in [9.17, 15) is 4.39 Å². The van der Waals surface area contributed by atoms with Crippen molar-refractivity contribution in [2.45, 2.75) is 13.3 Å². The van der Waals surface area contributed by atoms with Crippen molar-refractivity contribution in [1.82, 2.24) is 9.97 Å². The summed E-state index contributed by atoms with van der Waals surface area (Å²) in [5.41, 5.74) is 6.56. The average Bonchev–Trinajstić information content (AvgIpc) is 2.82. The molecule has 0 saturated carbocycles. The summed E-state index contributed by atoms with van der Waals surface area (Å²) in [5, 5.41) is 1.13. The maximum atomic E-state index is 13.1. The second-order valence-corrected chi connectivity index (χ2v) is 5.86. The lowest BCUT2D eigenvalue weighted by Crippen LogP contribution is -1.96. The number of rotatable bonds is 2. The molecule has 2 heterocycles. The molecule has 0 fully saturated rings.